The number of hydrogen-bond donors (Lipinski definition) is 0. The summed E-state index contributed by atoms with van der Waals surface area (Å²) in [6.45, 7) is 0.521. The number of ether oxygens (including phenoxy) is 1. The number of benzene rings is 1. The van der Waals surface area contributed by atoms with Crippen LogP contribution in [0.1, 0.15) is 50.5 Å². The lowest BCUT2D eigenvalue weighted by atomic mass is 9.49. The number of carbonyl (C=O) groups is 2. The molecule has 2 unspecified atom stereocenters. The summed E-state index contributed by atoms with van der Waals surface area (Å²) in [4.78, 5) is 27.3. The smallest absolute Gasteiger partial charge is 0.312 e. The molecule has 1 aromatic rings. The lowest BCUT2D eigenvalue weighted by Crippen LogP contribution is -2.56. The number of fused-ring (bicyclic) bond motifs is 1. The number of aryl methyl sites for hydroxylation is 1. The number of alkyl halides is 1. The number of nitrogens with zero attached hydrogens (tertiary/aromatic N) is 1. The Morgan fingerprint density at radius 3 is 2.63 bits per heavy atom. The molecule has 0 N–H and O–H groups in total. The van der Waals surface area contributed by atoms with E-state index in [4.69, 9.17) is 16.3 Å². The highest BCUT2D eigenvalue weighted by Gasteiger charge is 2.60. The molecule has 4 aliphatic carbocycles. The Kier molecular flexibility index (Phi) is 4.05. The summed E-state index contributed by atoms with van der Waals surface area (Å²) < 4.78 is 5.61. The topological polar surface area (TPSA) is 46.6 Å². The van der Waals surface area contributed by atoms with Crippen LogP contribution in [-0.4, -0.2) is 29.9 Å². The molecular formula is C22H26ClNO3. The number of carbonyl (C=O) groups excluding carboxylic acids is 2. The van der Waals surface area contributed by atoms with E-state index in [1.807, 2.05) is 18.2 Å². The van der Waals surface area contributed by atoms with Gasteiger partial charge >= 0.3 is 5.97 Å². The Hall–Kier alpha value is -1.55. The molecule has 4 nitrogen and oxygen atoms in total. The van der Waals surface area contributed by atoms with Crippen LogP contribution in [0, 0.1) is 17.3 Å². The first-order valence-electron chi connectivity index (χ1n) is 10.2. The van der Waals surface area contributed by atoms with Crippen molar-refractivity contribution < 1.29 is 14.3 Å². The maximum atomic E-state index is 13.0. The van der Waals surface area contributed by atoms with Crippen LogP contribution in [0.15, 0.2) is 24.3 Å². The third kappa shape index (κ3) is 2.97. The Bertz CT molecular complexity index is 778. The second-order valence-corrected chi connectivity index (χ2v) is 10.0. The van der Waals surface area contributed by atoms with Gasteiger partial charge in [-0.05, 0) is 74.8 Å². The van der Waals surface area contributed by atoms with Crippen LogP contribution in [0.4, 0.5) is 5.69 Å². The van der Waals surface area contributed by atoms with Crippen molar-refractivity contribution in [3.63, 3.8) is 0 Å². The lowest BCUT2D eigenvalue weighted by molar-refractivity contribution is -0.171. The van der Waals surface area contributed by atoms with E-state index in [-0.39, 0.29) is 23.4 Å². The van der Waals surface area contributed by atoms with Crippen molar-refractivity contribution in [2.75, 3.05) is 18.1 Å². The number of para-hydroxylation sites is 1. The molecule has 1 amide bonds. The van der Waals surface area contributed by atoms with E-state index < -0.39 is 5.41 Å². The molecule has 6 rings (SSSR count). The van der Waals surface area contributed by atoms with Gasteiger partial charge in [0.15, 0.2) is 6.61 Å². The van der Waals surface area contributed by atoms with Gasteiger partial charge in [0.2, 0.25) is 0 Å². The molecule has 1 heterocycles. The molecule has 1 aromatic carbocycles. The number of amides is 1. The average molecular weight is 388 g/mol. The molecule has 4 saturated carbocycles. The summed E-state index contributed by atoms with van der Waals surface area (Å²) in [6, 6.07) is 7.99. The third-order valence-corrected chi connectivity index (χ3v) is 7.60. The zero-order chi connectivity index (χ0) is 18.6. The zero-order valence-electron chi connectivity index (χ0n) is 15.6. The summed E-state index contributed by atoms with van der Waals surface area (Å²) in [5, 5.41) is 0. The summed E-state index contributed by atoms with van der Waals surface area (Å²) in [5.74, 6) is 0.767. The average Bonchev–Trinajstić information content (AvgIpc) is 2.63. The Morgan fingerprint density at radius 2 is 1.89 bits per heavy atom. The fourth-order valence-corrected chi connectivity index (χ4v) is 7.23. The number of hydrogen-bond acceptors (Lipinski definition) is 3. The molecule has 144 valence electrons. The minimum Gasteiger partial charge on any atom is -0.455 e. The first-order chi connectivity index (χ1) is 13.0. The van der Waals surface area contributed by atoms with Crippen LogP contribution >= 0.6 is 11.6 Å². The monoisotopic (exact) mass is 387 g/mol. The van der Waals surface area contributed by atoms with Gasteiger partial charge in [0, 0.05) is 17.1 Å². The second kappa shape index (κ2) is 6.23. The number of halogens is 1. The van der Waals surface area contributed by atoms with Crippen molar-refractivity contribution in [2.45, 2.75) is 56.2 Å². The zero-order valence-corrected chi connectivity index (χ0v) is 16.3. The van der Waals surface area contributed by atoms with E-state index in [0.717, 1.165) is 44.2 Å². The van der Waals surface area contributed by atoms with Gasteiger partial charge in [-0.3, -0.25) is 9.59 Å². The minimum absolute atomic E-state index is 0.124. The molecule has 4 bridgehead atoms. The van der Waals surface area contributed by atoms with E-state index in [1.54, 1.807) is 4.90 Å². The van der Waals surface area contributed by atoms with Gasteiger partial charge in [-0.15, -0.1) is 11.6 Å². The molecule has 5 heteroatoms. The van der Waals surface area contributed by atoms with Crippen molar-refractivity contribution in [1.82, 2.24) is 0 Å². The molecule has 0 radical (unpaired) electrons. The van der Waals surface area contributed by atoms with Crippen molar-refractivity contribution in [3.8, 4) is 0 Å². The molecule has 5 aliphatic rings. The number of esters is 1. The summed E-state index contributed by atoms with van der Waals surface area (Å²) in [5.41, 5.74) is 1.69. The fraction of sp³-hybridized carbons (Fsp3) is 0.636. The van der Waals surface area contributed by atoms with Crippen LogP contribution < -0.4 is 4.90 Å². The van der Waals surface area contributed by atoms with Gasteiger partial charge in [0.1, 0.15) is 0 Å². The fourth-order valence-electron chi connectivity index (χ4n) is 6.54. The minimum atomic E-state index is -0.452. The van der Waals surface area contributed by atoms with Crippen molar-refractivity contribution in [2.24, 2.45) is 17.3 Å². The van der Waals surface area contributed by atoms with Crippen molar-refractivity contribution >= 4 is 29.2 Å². The molecule has 4 fully saturated rings. The first-order valence-corrected chi connectivity index (χ1v) is 10.6. The van der Waals surface area contributed by atoms with E-state index in [2.05, 4.69) is 6.07 Å². The standard InChI is InChI=1S/C22H26ClNO3/c23-22-11-15-8-16(12-22)10-21(9-15,14-22)20(26)27-13-19(25)24-7-3-5-17-4-1-2-6-18(17)24/h1-2,4,6,15-16H,3,5,7-14H2/t15-,16+,21?,22?. The van der Waals surface area contributed by atoms with Crippen LogP contribution in [0.25, 0.3) is 0 Å². The Balaban J connectivity index is 1.27. The highest BCUT2D eigenvalue weighted by Crippen LogP contribution is 2.64. The SMILES string of the molecule is O=C(COC(=O)C12C[C@@H]3C[C@@H](CC(Cl)(C3)C1)C2)N1CCCc2ccccc21. The highest BCUT2D eigenvalue weighted by atomic mass is 35.5. The van der Waals surface area contributed by atoms with Crippen molar-refractivity contribution in [3.05, 3.63) is 29.8 Å². The third-order valence-electron chi connectivity index (χ3n) is 7.16. The highest BCUT2D eigenvalue weighted by molar-refractivity contribution is 6.24. The Morgan fingerprint density at radius 1 is 1.15 bits per heavy atom. The molecule has 0 saturated heterocycles. The van der Waals surface area contributed by atoms with Crippen LogP contribution in [0.2, 0.25) is 0 Å². The quantitative estimate of drug-likeness (QED) is 0.579. The summed E-state index contributed by atoms with van der Waals surface area (Å²) >= 11 is 6.82. The van der Waals surface area contributed by atoms with Crippen LogP contribution in [0.5, 0.6) is 0 Å². The van der Waals surface area contributed by atoms with Gasteiger partial charge in [-0.2, -0.15) is 0 Å². The van der Waals surface area contributed by atoms with Gasteiger partial charge in [-0.1, -0.05) is 18.2 Å². The van der Waals surface area contributed by atoms with E-state index >= 15 is 0 Å². The van der Waals surface area contributed by atoms with E-state index in [0.29, 0.717) is 24.8 Å². The van der Waals surface area contributed by atoms with E-state index in [1.165, 1.54) is 12.0 Å². The summed E-state index contributed by atoms with van der Waals surface area (Å²) in [7, 11) is 0. The Labute approximate surface area is 165 Å². The predicted octanol–water partition coefficient (Wildman–Crippen LogP) is 4.09. The maximum Gasteiger partial charge on any atom is 0.312 e. The van der Waals surface area contributed by atoms with Gasteiger partial charge in [-0.25, -0.2) is 0 Å². The van der Waals surface area contributed by atoms with Gasteiger partial charge < -0.3 is 9.64 Å². The maximum absolute atomic E-state index is 13.0. The molecular weight excluding hydrogens is 362 g/mol. The number of anilines is 1. The number of rotatable bonds is 3. The molecule has 1 aliphatic heterocycles. The molecule has 0 spiro atoms. The summed E-state index contributed by atoms with van der Waals surface area (Å²) in [6.07, 6.45) is 7.69. The molecule has 4 atom stereocenters. The lowest BCUT2D eigenvalue weighted by Gasteiger charge is -2.58. The normalized spacial score (nSPS) is 36.4. The molecule has 27 heavy (non-hydrogen) atoms. The van der Waals surface area contributed by atoms with Crippen molar-refractivity contribution in [1.29, 1.82) is 0 Å². The van der Waals surface area contributed by atoms with Crippen LogP contribution in [-0.2, 0) is 20.7 Å². The first kappa shape index (κ1) is 17.5. The second-order valence-electron chi connectivity index (χ2n) is 9.25. The largest absolute Gasteiger partial charge is 0.455 e. The molecule has 0 aromatic heterocycles. The predicted molar refractivity (Wildman–Crippen MR) is 104 cm³/mol. The van der Waals surface area contributed by atoms with Crippen LogP contribution in [0.3, 0.4) is 0 Å². The van der Waals surface area contributed by atoms with E-state index in [9.17, 15) is 9.59 Å². The van der Waals surface area contributed by atoms with Gasteiger partial charge in [0.05, 0.1) is 5.41 Å². The van der Waals surface area contributed by atoms with Gasteiger partial charge in [0.25, 0.3) is 5.91 Å².